The molecule has 1 saturated heterocycles. The highest BCUT2D eigenvalue weighted by atomic mass is 16.4. The van der Waals surface area contributed by atoms with Gasteiger partial charge < -0.3 is 10.0 Å². The number of likely N-dealkylation sites (tertiary alicyclic amines) is 1. The monoisotopic (exact) mass is 340 g/mol. The summed E-state index contributed by atoms with van der Waals surface area (Å²) in [4.78, 5) is 25.6. The first-order chi connectivity index (χ1) is 12.1. The summed E-state index contributed by atoms with van der Waals surface area (Å²) < 4.78 is 3.21. The van der Waals surface area contributed by atoms with Crippen LogP contribution in [0.25, 0.3) is 5.52 Å². The fourth-order valence-corrected chi connectivity index (χ4v) is 3.18. The van der Waals surface area contributed by atoms with Gasteiger partial charge in [-0.05, 0) is 25.0 Å². The minimum absolute atomic E-state index is 0.0792. The molecule has 1 N–H and O–H groups in total. The van der Waals surface area contributed by atoms with Crippen LogP contribution in [0.15, 0.2) is 36.8 Å². The van der Waals surface area contributed by atoms with Crippen LogP contribution in [0.4, 0.5) is 0 Å². The van der Waals surface area contributed by atoms with Gasteiger partial charge in [-0.15, -0.1) is 5.10 Å². The zero-order valence-electron chi connectivity index (χ0n) is 13.3. The predicted molar refractivity (Wildman–Crippen MR) is 86.3 cm³/mol. The maximum Gasteiger partial charge on any atom is 0.358 e. The van der Waals surface area contributed by atoms with Gasteiger partial charge >= 0.3 is 5.97 Å². The molecule has 0 saturated carbocycles. The number of carbonyl (C=O) groups is 2. The maximum atomic E-state index is 12.9. The fraction of sp³-hybridized carbons (Fsp3) is 0.312. The number of amides is 1. The second-order valence-electron chi connectivity index (χ2n) is 6.02. The Morgan fingerprint density at radius 3 is 2.96 bits per heavy atom. The van der Waals surface area contributed by atoms with Crippen molar-refractivity contribution in [2.24, 2.45) is 0 Å². The number of pyridine rings is 1. The van der Waals surface area contributed by atoms with Crippen molar-refractivity contribution in [3.63, 3.8) is 0 Å². The Bertz CT molecular complexity index is 946. The number of carboxylic acids is 1. The smallest absolute Gasteiger partial charge is 0.358 e. The van der Waals surface area contributed by atoms with E-state index in [9.17, 15) is 9.59 Å². The lowest BCUT2D eigenvalue weighted by Gasteiger charge is -2.32. The summed E-state index contributed by atoms with van der Waals surface area (Å²) in [5, 5.41) is 20.7. The minimum atomic E-state index is -1.11. The molecular weight excluding hydrogens is 324 g/mol. The summed E-state index contributed by atoms with van der Waals surface area (Å²) in [7, 11) is 0. The number of aromatic carboxylic acids is 1. The Morgan fingerprint density at radius 1 is 1.28 bits per heavy atom. The molecule has 1 fully saturated rings. The molecule has 0 aliphatic carbocycles. The molecule has 3 aromatic rings. The molecule has 9 nitrogen and oxygen atoms in total. The van der Waals surface area contributed by atoms with E-state index >= 15 is 0 Å². The first-order valence-corrected chi connectivity index (χ1v) is 8.00. The van der Waals surface area contributed by atoms with Crippen molar-refractivity contribution < 1.29 is 14.7 Å². The normalized spacial score (nSPS) is 17.8. The summed E-state index contributed by atoms with van der Waals surface area (Å²) in [6, 6.07) is 5.50. The summed E-state index contributed by atoms with van der Waals surface area (Å²) in [5.41, 5.74) is 1.24. The Hall–Kier alpha value is -3.23. The number of fused-ring (bicyclic) bond motifs is 1. The Morgan fingerprint density at radius 2 is 2.16 bits per heavy atom. The first kappa shape index (κ1) is 15.3. The number of hydrogen-bond acceptors (Lipinski definition) is 5. The molecule has 1 aliphatic rings. The number of hydrogen-bond donors (Lipinski definition) is 1. The topological polar surface area (TPSA) is 106 Å². The van der Waals surface area contributed by atoms with Crippen molar-refractivity contribution >= 4 is 17.4 Å². The quantitative estimate of drug-likeness (QED) is 0.765. The molecule has 1 atom stereocenters. The van der Waals surface area contributed by atoms with E-state index in [1.807, 2.05) is 18.2 Å². The molecule has 1 amide bonds. The lowest BCUT2D eigenvalue weighted by Crippen LogP contribution is -2.40. The second-order valence-corrected chi connectivity index (χ2v) is 6.02. The van der Waals surface area contributed by atoms with Gasteiger partial charge in [0.05, 0.1) is 29.5 Å². The standard InChI is InChI=1S/C16H16N6O3/c23-15(12-8-17-21-7-2-1-5-14(12)21)20-6-3-4-11(9-20)22-10-13(16(24)25)18-19-22/h1-2,5,7-8,10-11H,3-4,6,9H2,(H,24,25). The summed E-state index contributed by atoms with van der Waals surface area (Å²) in [6.07, 6.45) is 6.43. The van der Waals surface area contributed by atoms with Crippen molar-refractivity contribution in [1.29, 1.82) is 0 Å². The zero-order chi connectivity index (χ0) is 17.4. The lowest BCUT2D eigenvalue weighted by molar-refractivity contribution is 0.0667. The molecule has 9 heteroatoms. The molecule has 128 valence electrons. The molecule has 0 aromatic carbocycles. The summed E-state index contributed by atoms with van der Waals surface area (Å²) in [5.74, 6) is -1.19. The third kappa shape index (κ3) is 2.73. The molecule has 0 bridgehead atoms. The highest BCUT2D eigenvalue weighted by molar-refractivity contribution is 6.00. The zero-order valence-corrected chi connectivity index (χ0v) is 13.3. The molecule has 1 unspecified atom stereocenters. The van der Waals surface area contributed by atoms with E-state index in [0.29, 0.717) is 18.7 Å². The van der Waals surface area contributed by atoms with Crippen molar-refractivity contribution in [3.05, 3.63) is 48.0 Å². The predicted octanol–water partition coefficient (Wildman–Crippen LogP) is 1.10. The molecule has 3 aromatic heterocycles. The molecule has 0 radical (unpaired) electrons. The number of piperidine rings is 1. The molecular formula is C16H16N6O3. The van der Waals surface area contributed by atoms with Crippen LogP contribution >= 0.6 is 0 Å². The van der Waals surface area contributed by atoms with Crippen LogP contribution in [-0.2, 0) is 0 Å². The summed E-state index contributed by atoms with van der Waals surface area (Å²) in [6.45, 7) is 1.12. The average Bonchev–Trinajstić information content (AvgIpc) is 3.28. The van der Waals surface area contributed by atoms with Crippen LogP contribution in [0.3, 0.4) is 0 Å². The molecule has 0 spiro atoms. The van der Waals surface area contributed by atoms with Crippen molar-refractivity contribution in [1.82, 2.24) is 29.5 Å². The Labute approximate surface area is 142 Å². The van der Waals surface area contributed by atoms with Gasteiger partial charge in [0.25, 0.3) is 5.91 Å². The van der Waals surface area contributed by atoms with Gasteiger partial charge in [-0.3, -0.25) is 4.79 Å². The van der Waals surface area contributed by atoms with Crippen molar-refractivity contribution in [2.45, 2.75) is 18.9 Å². The van der Waals surface area contributed by atoms with Gasteiger partial charge in [0, 0.05) is 19.3 Å². The van der Waals surface area contributed by atoms with Crippen LogP contribution in [-0.4, -0.2) is 59.6 Å². The fourth-order valence-electron chi connectivity index (χ4n) is 3.18. The Balaban J connectivity index is 1.56. The van der Waals surface area contributed by atoms with E-state index in [2.05, 4.69) is 15.4 Å². The molecule has 1 aliphatic heterocycles. The van der Waals surface area contributed by atoms with E-state index < -0.39 is 5.97 Å². The molecule has 25 heavy (non-hydrogen) atoms. The van der Waals surface area contributed by atoms with E-state index in [4.69, 9.17) is 5.11 Å². The van der Waals surface area contributed by atoms with Gasteiger partial charge in [-0.25, -0.2) is 14.0 Å². The lowest BCUT2D eigenvalue weighted by atomic mass is 10.0. The number of carbonyl (C=O) groups excluding carboxylic acids is 1. The third-order valence-corrected chi connectivity index (χ3v) is 4.44. The van der Waals surface area contributed by atoms with E-state index in [0.717, 1.165) is 18.4 Å². The maximum absolute atomic E-state index is 12.9. The van der Waals surface area contributed by atoms with Crippen molar-refractivity contribution in [2.75, 3.05) is 13.1 Å². The van der Waals surface area contributed by atoms with Crippen LogP contribution in [0.2, 0.25) is 0 Å². The van der Waals surface area contributed by atoms with Gasteiger partial charge in [0.15, 0.2) is 5.69 Å². The van der Waals surface area contributed by atoms with Gasteiger partial charge in [-0.2, -0.15) is 5.10 Å². The van der Waals surface area contributed by atoms with Crippen LogP contribution in [0.5, 0.6) is 0 Å². The van der Waals surface area contributed by atoms with Gasteiger partial charge in [0.2, 0.25) is 0 Å². The van der Waals surface area contributed by atoms with Gasteiger partial charge in [0.1, 0.15) is 0 Å². The van der Waals surface area contributed by atoms with E-state index in [-0.39, 0.29) is 17.6 Å². The summed E-state index contributed by atoms with van der Waals surface area (Å²) >= 11 is 0. The average molecular weight is 340 g/mol. The minimum Gasteiger partial charge on any atom is -0.476 e. The number of aromatic nitrogens is 5. The number of carboxylic acid groups (broad SMARTS) is 1. The van der Waals surface area contributed by atoms with E-state index in [1.54, 1.807) is 26.5 Å². The SMILES string of the molecule is O=C(O)c1cn(C2CCCN(C(=O)c3cnn4ccccc34)C2)nn1. The first-order valence-electron chi connectivity index (χ1n) is 8.00. The molecule has 4 heterocycles. The highest BCUT2D eigenvalue weighted by Crippen LogP contribution is 2.23. The van der Waals surface area contributed by atoms with Crippen LogP contribution in [0.1, 0.15) is 39.7 Å². The molecule has 4 rings (SSSR count). The van der Waals surface area contributed by atoms with Crippen molar-refractivity contribution in [3.8, 4) is 0 Å². The largest absolute Gasteiger partial charge is 0.476 e. The highest BCUT2D eigenvalue weighted by Gasteiger charge is 2.28. The second kappa shape index (κ2) is 6.00. The number of rotatable bonds is 3. The van der Waals surface area contributed by atoms with E-state index in [1.165, 1.54) is 6.20 Å². The van der Waals surface area contributed by atoms with Gasteiger partial charge in [-0.1, -0.05) is 11.3 Å². The Kier molecular flexibility index (Phi) is 3.68. The third-order valence-electron chi connectivity index (χ3n) is 4.44. The van der Waals surface area contributed by atoms with Crippen LogP contribution < -0.4 is 0 Å². The van der Waals surface area contributed by atoms with Crippen LogP contribution in [0, 0.1) is 0 Å². The number of nitrogens with zero attached hydrogens (tertiary/aromatic N) is 6.